The normalized spacial score (nSPS) is 34.0. The van der Waals surface area contributed by atoms with E-state index in [2.05, 4.69) is 18.9 Å². The zero-order valence-electron chi connectivity index (χ0n) is 8.09. The second-order valence-electron chi connectivity index (χ2n) is 3.77. The van der Waals surface area contributed by atoms with Crippen LogP contribution in [0.25, 0.3) is 0 Å². The molecule has 0 bridgehead atoms. The van der Waals surface area contributed by atoms with Crippen LogP contribution in [0, 0.1) is 5.92 Å². The van der Waals surface area contributed by atoms with Gasteiger partial charge in [-0.3, -0.25) is 0 Å². The van der Waals surface area contributed by atoms with Gasteiger partial charge in [-0.1, -0.05) is 0 Å². The molecule has 0 radical (unpaired) electrons. The standard InChI is InChI=1S/C9H18FNO/c1-7-4-9(5-11(7)3)6-12-8(2)10/h7-9H,4-6H2,1-3H3/t7-,8?,9?/m1/s1. The number of halogens is 1. The maximum atomic E-state index is 12.3. The van der Waals surface area contributed by atoms with Crippen molar-refractivity contribution in [1.29, 1.82) is 0 Å². The Hall–Kier alpha value is -0.150. The molecule has 1 rings (SSSR count). The zero-order chi connectivity index (χ0) is 9.14. The third-order valence-corrected chi connectivity index (χ3v) is 2.53. The highest BCUT2D eigenvalue weighted by atomic mass is 19.1. The Morgan fingerprint density at radius 1 is 1.67 bits per heavy atom. The molecule has 1 fully saturated rings. The average molecular weight is 175 g/mol. The Bertz CT molecular complexity index is 130. The molecule has 72 valence electrons. The van der Waals surface area contributed by atoms with Crippen molar-refractivity contribution in [2.24, 2.45) is 5.92 Å². The van der Waals surface area contributed by atoms with E-state index in [1.54, 1.807) is 0 Å². The monoisotopic (exact) mass is 175 g/mol. The Labute approximate surface area is 73.7 Å². The minimum Gasteiger partial charge on any atom is -0.348 e. The summed E-state index contributed by atoms with van der Waals surface area (Å²) in [6, 6.07) is 0.619. The number of hydrogen-bond donors (Lipinski definition) is 0. The molecule has 2 unspecified atom stereocenters. The van der Waals surface area contributed by atoms with Crippen molar-refractivity contribution in [3.05, 3.63) is 0 Å². The minimum absolute atomic E-state index is 0.517. The molecule has 3 heteroatoms. The summed E-state index contributed by atoms with van der Waals surface area (Å²) in [5, 5.41) is 0. The molecule has 3 atom stereocenters. The number of ether oxygens (including phenoxy) is 1. The minimum atomic E-state index is -1.12. The molecule has 0 aromatic carbocycles. The van der Waals surface area contributed by atoms with Gasteiger partial charge in [0.1, 0.15) is 0 Å². The van der Waals surface area contributed by atoms with Crippen LogP contribution in [0.2, 0.25) is 0 Å². The second kappa shape index (κ2) is 4.19. The van der Waals surface area contributed by atoms with E-state index in [0.717, 1.165) is 13.0 Å². The lowest BCUT2D eigenvalue weighted by atomic mass is 10.1. The summed E-state index contributed by atoms with van der Waals surface area (Å²) in [6.45, 7) is 5.22. The van der Waals surface area contributed by atoms with Gasteiger partial charge < -0.3 is 9.64 Å². The highest BCUT2D eigenvalue weighted by Gasteiger charge is 2.26. The summed E-state index contributed by atoms with van der Waals surface area (Å²) >= 11 is 0. The van der Waals surface area contributed by atoms with E-state index in [0.29, 0.717) is 18.6 Å². The number of alkyl halides is 1. The maximum Gasteiger partial charge on any atom is 0.195 e. The molecule has 1 aliphatic rings. The van der Waals surface area contributed by atoms with Crippen molar-refractivity contribution in [3.63, 3.8) is 0 Å². The fourth-order valence-corrected chi connectivity index (χ4v) is 1.71. The summed E-state index contributed by atoms with van der Waals surface area (Å²) in [4.78, 5) is 2.29. The first kappa shape index (κ1) is 9.93. The van der Waals surface area contributed by atoms with Crippen LogP contribution in [0.15, 0.2) is 0 Å². The molecule has 0 spiro atoms. The van der Waals surface area contributed by atoms with E-state index in [1.807, 2.05) is 0 Å². The van der Waals surface area contributed by atoms with Gasteiger partial charge >= 0.3 is 0 Å². The van der Waals surface area contributed by atoms with Crippen molar-refractivity contribution in [1.82, 2.24) is 4.90 Å². The predicted octanol–water partition coefficient (Wildman–Crippen LogP) is 1.66. The molecule has 0 aliphatic carbocycles. The third kappa shape index (κ3) is 2.72. The van der Waals surface area contributed by atoms with Crippen molar-refractivity contribution >= 4 is 0 Å². The van der Waals surface area contributed by atoms with E-state index in [1.165, 1.54) is 6.92 Å². The lowest BCUT2D eigenvalue weighted by molar-refractivity contribution is -0.0387. The molecule has 0 N–H and O–H groups in total. The molecule has 0 saturated carbocycles. The molecular formula is C9H18FNO. The summed E-state index contributed by atoms with van der Waals surface area (Å²) in [5.74, 6) is 0.517. The Balaban J connectivity index is 2.19. The number of rotatable bonds is 3. The van der Waals surface area contributed by atoms with E-state index in [-0.39, 0.29) is 0 Å². The molecule has 0 aromatic rings. The van der Waals surface area contributed by atoms with Crippen molar-refractivity contribution < 1.29 is 9.13 Å². The highest BCUT2D eigenvalue weighted by molar-refractivity contribution is 4.79. The molecular weight excluding hydrogens is 157 g/mol. The largest absolute Gasteiger partial charge is 0.348 e. The summed E-state index contributed by atoms with van der Waals surface area (Å²) in [6.07, 6.45) is 0.00895. The quantitative estimate of drug-likeness (QED) is 0.646. The zero-order valence-corrected chi connectivity index (χ0v) is 8.09. The van der Waals surface area contributed by atoms with Gasteiger partial charge in [0.25, 0.3) is 0 Å². The first-order valence-electron chi connectivity index (χ1n) is 4.55. The van der Waals surface area contributed by atoms with Gasteiger partial charge in [0.2, 0.25) is 0 Å². The highest BCUT2D eigenvalue weighted by Crippen LogP contribution is 2.21. The van der Waals surface area contributed by atoms with Crippen LogP contribution in [-0.2, 0) is 4.74 Å². The third-order valence-electron chi connectivity index (χ3n) is 2.53. The van der Waals surface area contributed by atoms with E-state index in [9.17, 15) is 4.39 Å². The first-order chi connectivity index (χ1) is 5.59. The Kier molecular flexibility index (Phi) is 3.47. The SMILES string of the molecule is CC(F)OCC1C[C@@H](C)N(C)C1. The van der Waals surface area contributed by atoms with Gasteiger partial charge in [0.15, 0.2) is 6.36 Å². The lowest BCUT2D eigenvalue weighted by Crippen LogP contribution is -2.22. The fraction of sp³-hybridized carbons (Fsp3) is 1.00. The molecule has 1 heterocycles. The van der Waals surface area contributed by atoms with E-state index in [4.69, 9.17) is 4.74 Å². The van der Waals surface area contributed by atoms with Crippen LogP contribution < -0.4 is 0 Å². The van der Waals surface area contributed by atoms with Crippen LogP contribution in [0.1, 0.15) is 20.3 Å². The molecule has 1 saturated heterocycles. The molecule has 2 nitrogen and oxygen atoms in total. The summed E-state index contributed by atoms with van der Waals surface area (Å²) in [5.41, 5.74) is 0. The average Bonchev–Trinajstić information content (AvgIpc) is 2.28. The van der Waals surface area contributed by atoms with Crippen LogP contribution >= 0.6 is 0 Å². The van der Waals surface area contributed by atoms with Crippen LogP contribution in [0.3, 0.4) is 0 Å². The van der Waals surface area contributed by atoms with Crippen molar-refractivity contribution in [2.75, 3.05) is 20.2 Å². The summed E-state index contributed by atoms with van der Waals surface area (Å²) < 4.78 is 17.2. The van der Waals surface area contributed by atoms with Gasteiger partial charge in [-0.15, -0.1) is 0 Å². The number of likely N-dealkylation sites (tertiary alicyclic amines) is 1. The van der Waals surface area contributed by atoms with E-state index >= 15 is 0 Å². The molecule has 0 aromatic heterocycles. The molecule has 12 heavy (non-hydrogen) atoms. The van der Waals surface area contributed by atoms with Gasteiger partial charge in [-0.25, -0.2) is 4.39 Å². The summed E-state index contributed by atoms with van der Waals surface area (Å²) in [7, 11) is 2.10. The van der Waals surface area contributed by atoms with Crippen LogP contribution in [0.5, 0.6) is 0 Å². The predicted molar refractivity (Wildman–Crippen MR) is 46.7 cm³/mol. The van der Waals surface area contributed by atoms with Crippen molar-refractivity contribution in [3.8, 4) is 0 Å². The molecule has 0 amide bonds. The van der Waals surface area contributed by atoms with Crippen LogP contribution in [0.4, 0.5) is 4.39 Å². The number of hydrogen-bond acceptors (Lipinski definition) is 2. The Morgan fingerprint density at radius 3 is 2.75 bits per heavy atom. The van der Waals surface area contributed by atoms with Gasteiger partial charge in [0, 0.05) is 12.6 Å². The fourth-order valence-electron chi connectivity index (χ4n) is 1.71. The second-order valence-corrected chi connectivity index (χ2v) is 3.77. The van der Waals surface area contributed by atoms with Gasteiger partial charge in [-0.05, 0) is 33.2 Å². The van der Waals surface area contributed by atoms with Crippen LogP contribution in [-0.4, -0.2) is 37.5 Å². The first-order valence-corrected chi connectivity index (χ1v) is 4.55. The topological polar surface area (TPSA) is 12.5 Å². The Morgan fingerprint density at radius 2 is 2.33 bits per heavy atom. The smallest absolute Gasteiger partial charge is 0.195 e. The number of nitrogens with zero attached hydrogens (tertiary/aromatic N) is 1. The van der Waals surface area contributed by atoms with E-state index < -0.39 is 6.36 Å². The molecule has 1 aliphatic heterocycles. The van der Waals surface area contributed by atoms with Gasteiger partial charge in [-0.2, -0.15) is 0 Å². The maximum absolute atomic E-state index is 12.3. The lowest BCUT2D eigenvalue weighted by Gasteiger charge is -2.12. The van der Waals surface area contributed by atoms with Crippen molar-refractivity contribution in [2.45, 2.75) is 32.7 Å². The van der Waals surface area contributed by atoms with Gasteiger partial charge in [0.05, 0.1) is 6.61 Å².